The highest BCUT2D eigenvalue weighted by Gasteiger charge is 2.34. The molecule has 0 spiro atoms. The number of carbonyl (C=O) groups is 1. The average Bonchev–Trinajstić information content (AvgIpc) is 3.38. The molecule has 1 saturated carbocycles. The van der Waals surface area contributed by atoms with Gasteiger partial charge >= 0.3 is 0 Å². The SMILES string of the molecule is CC(C)[C@@H]1CN(C(=O)c2ccccc2-c2nn[nH]n2)CCCN1CC1CC1. The van der Waals surface area contributed by atoms with Crippen LogP contribution >= 0.6 is 0 Å². The molecule has 2 fully saturated rings. The quantitative estimate of drug-likeness (QED) is 0.877. The van der Waals surface area contributed by atoms with Gasteiger partial charge in [-0.15, -0.1) is 10.2 Å². The van der Waals surface area contributed by atoms with Gasteiger partial charge in [-0.3, -0.25) is 9.69 Å². The summed E-state index contributed by atoms with van der Waals surface area (Å²) in [4.78, 5) is 18.0. The van der Waals surface area contributed by atoms with Crippen molar-refractivity contribution in [2.24, 2.45) is 11.8 Å². The van der Waals surface area contributed by atoms with E-state index in [0.717, 1.165) is 37.5 Å². The molecule has 1 aromatic carbocycles. The molecule has 1 aliphatic carbocycles. The van der Waals surface area contributed by atoms with Crippen molar-refractivity contribution < 1.29 is 4.79 Å². The highest BCUT2D eigenvalue weighted by Crippen LogP contribution is 2.32. The zero-order valence-electron chi connectivity index (χ0n) is 16.1. The summed E-state index contributed by atoms with van der Waals surface area (Å²) in [6.45, 7) is 8.38. The van der Waals surface area contributed by atoms with E-state index in [1.54, 1.807) is 0 Å². The second kappa shape index (κ2) is 7.76. The second-order valence-corrected chi connectivity index (χ2v) is 8.14. The minimum atomic E-state index is 0.0642. The number of amides is 1. The molecular formula is C20H28N6O. The molecule has 1 atom stereocenters. The lowest BCUT2D eigenvalue weighted by Gasteiger charge is -2.34. The van der Waals surface area contributed by atoms with Crippen LogP contribution in [0.5, 0.6) is 0 Å². The van der Waals surface area contributed by atoms with Crippen LogP contribution in [0.4, 0.5) is 0 Å². The van der Waals surface area contributed by atoms with Crippen LogP contribution in [0.15, 0.2) is 24.3 Å². The number of H-pyrrole nitrogens is 1. The molecule has 2 heterocycles. The molecule has 1 N–H and O–H groups in total. The Balaban J connectivity index is 1.57. The van der Waals surface area contributed by atoms with E-state index in [4.69, 9.17) is 0 Å². The minimum absolute atomic E-state index is 0.0642. The highest BCUT2D eigenvalue weighted by molar-refractivity contribution is 6.00. The summed E-state index contributed by atoms with van der Waals surface area (Å²) in [6.07, 6.45) is 3.75. The number of benzene rings is 1. The van der Waals surface area contributed by atoms with E-state index in [9.17, 15) is 4.79 Å². The van der Waals surface area contributed by atoms with Gasteiger partial charge in [-0.1, -0.05) is 32.0 Å². The lowest BCUT2D eigenvalue weighted by molar-refractivity contribution is 0.0705. The van der Waals surface area contributed by atoms with Crippen molar-refractivity contribution in [1.29, 1.82) is 0 Å². The van der Waals surface area contributed by atoms with E-state index in [-0.39, 0.29) is 5.91 Å². The van der Waals surface area contributed by atoms with Crippen LogP contribution in [-0.4, -0.2) is 68.6 Å². The van der Waals surface area contributed by atoms with Crippen molar-refractivity contribution in [1.82, 2.24) is 30.4 Å². The predicted octanol–water partition coefficient (Wildman–Crippen LogP) is 2.45. The van der Waals surface area contributed by atoms with Crippen LogP contribution in [0.3, 0.4) is 0 Å². The van der Waals surface area contributed by atoms with Gasteiger partial charge in [-0.2, -0.15) is 5.21 Å². The van der Waals surface area contributed by atoms with Crippen molar-refractivity contribution in [3.63, 3.8) is 0 Å². The molecule has 1 aliphatic heterocycles. The van der Waals surface area contributed by atoms with Gasteiger partial charge < -0.3 is 4.90 Å². The summed E-state index contributed by atoms with van der Waals surface area (Å²) < 4.78 is 0. The first-order chi connectivity index (χ1) is 13.1. The number of aromatic amines is 1. The van der Waals surface area contributed by atoms with E-state index in [1.165, 1.54) is 19.4 Å². The van der Waals surface area contributed by atoms with Crippen LogP contribution in [0.25, 0.3) is 11.4 Å². The third-order valence-electron chi connectivity index (χ3n) is 5.74. The summed E-state index contributed by atoms with van der Waals surface area (Å²) in [5.41, 5.74) is 1.38. The van der Waals surface area contributed by atoms with E-state index in [2.05, 4.69) is 39.4 Å². The number of aromatic nitrogens is 4. The van der Waals surface area contributed by atoms with Gasteiger partial charge in [-0.05, 0) is 42.4 Å². The molecule has 0 unspecified atom stereocenters. The number of hydrogen-bond donors (Lipinski definition) is 1. The maximum atomic E-state index is 13.4. The molecule has 7 heteroatoms. The number of carbonyl (C=O) groups excluding carboxylic acids is 1. The van der Waals surface area contributed by atoms with Crippen LogP contribution in [0.1, 0.15) is 43.5 Å². The fourth-order valence-electron chi connectivity index (χ4n) is 4.05. The van der Waals surface area contributed by atoms with Gasteiger partial charge in [0.2, 0.25) is 5.82 Å². The van der Waals surface area contributed by atoms with Gasteiger partial charge in [0.25, 0.3) is 5.91 Å². The average molecular weight is 368 g/mol. The number of hydrogen-bond acceptors (Lipinski definition) is 5. The molecule has 27 heavy (non-hydrogen) atoms. The van der Waals surface area contributed by atoms with Crippen LogP contribution in [-0.2, 0) is 0 Å². The molecule has 7 nitrogen and oxygen atoms in total. The Bertz CT molecular complexity index is 771. The smallest absolute Gasteiger partial charge is 0.254 e. The number of nitrogens with one attached hydrogen (secondary N) is 1. The summed E-state index contributed by atoms with van der Waals surface area (Å²) in [5, 5.41) is 14.2. The third-order valence-corrected chi connectivity index (χ3v) is 5.74. The topological polar surface area (TPSA) is 78.0 Å². The lowest BCUT2D eigenvalue weighted by atomic mass is 10.0. The largest absolute Gasteiger partial charge is 0.337 e. The molecule has 1 amide bonds. The van der Waals surface area contributed by atoms with Crippen LogP contribution < -0.4 is 0 Å². The van der Waals surface area contributed by atoms with Crippen molar-refractivity contribution in [2.45, 2.75) is 39.2 Å². The summed E-state index contributed by atoms with van der Waals surface area (Å²) in [7, 11) is 0. The Kier molecular flexibility index (Phi) is 5.20. The first-order valence-corrected chi connectivity index (χ1v) is 9.99. The summed E-state index contributed by atoms with van der Waals surface area (Å²) >= 11 is 0. The van der Waals surface area contributed by atoms with Crippen LogP contribution in [0, 0.1) is 11.8 Å². The second-order valence-electron chi connectivity index (χ2n) is 8.14. The Labute approximate surface area is 160 Å². The predicted molar refractivity (Wildman–Crippen MR) is 103 cm³/mol. The first-order valence-electron chi connectivity index (χ1n) is 9.99. The van der Waals surface area contributed by atoms with E-state index in [0.29, 0.717) is 23.3 Å². The van der Waals surface area contributed by atoms with Crippen molar-refractivity contribution in [3.8, 4) is 11.4 Å². The summed E-state index contributed by atoms with van der Waals surface area (Å²) in [6, 6.07) is 7.96. The normalized spacial score (nSPS) is 21.4. The van der Waals surface area contributed by atoms with Crippen molar-refractivity contribution in [2.75, 3.05) is 26.2 Å². The standard InChI is InChI=1S/C20H28N6O/c1-14(2)18-13-26(11-5-10-25(18)12-15-8-9-15)20(27)17-7-4-3-6-16(17)19-21-23-24-22-19/h3-4,6-7,14-15,18H,5,8-13H2,1-2H3,(H,21,22,23,24)/t18-/m0/s1. The van der Waals surface area contributed by atoms with Gasteiger partial charge in [0.15, 0.2) is 0 Å². The van der Waals surface area contributed by atoms with Crippen molar-refractivity contribution in [3.05, 3.63) is 29.8 Å². The fourth-order valence-corrected chi connectivity index (χ4v) is 4.05. The maximum Gasteiger partial charge on any atom is 0.254 e. The number of tetrazole rings is 1. The Morgan fingerprint density at radius 2 is 2.07 bits per heavy atom. The maximum absolute atomic E-state index is 13.4. The Morgan fingerprint density at radius 1 is 1.26 bits per heavy atom. The zero-order chi connectivity index (χ0) is 18.8. The van der Waals surface area contributed by atoms with E-state index < -0.39 is 0 Å². The monoisotopic (exact) mass is 368 g/mol. The molecule has 2 aromatic rings. The van der Waals surface area contributed by atoms with Gasteiger partial charge in [0.1, 0.15) is 0 Å². The Hall–Kier alpha value is -2.28. The van der Waals surface area contributed by atoms with Crippen LogP contribution in [0.2, 0.25) is 0 Å². The molecule has 0 bridgehead atoms. The molecule has 1 aromatic heterocycles. The Morgan fingerprint density at radius 3 is 2.78 bits per heavy atom. The minimum Gasteiger partial charge on any atom is -0.337 e. The molecule has 2 aliphatic rings. The molecule has 1 saturated heterocycles. The first kappa shape index (κ1) is 18.1. The van der Waals surface area contributed by atoms with Gasteiger partial charge in [0, 0.05) is 37.8 Å². The third kappa shape index (κ3) is 4.03. The van der Waals surface area contributed by atoms with E-state index in [1.807, 2.05) is 29.2 Å². The number of nitrogens with zero attached hydrogens (tertiary/aromatic N) is 5. The lowest BCUT2D eigenvalue weighted by Crippen LogP contribution is -2.46. The summed E-state index contributed by atoms with van der Waals surface area (Å²) in [5.74, 6) is 1.91. The molecule has 0 radical (unpaired) electrons. The molecule has 144 valence electrons. The number of rotatable bonds is 5. The molecular weight excluding hydrogens is 340 g/mol. The van der Waals surface area contributed by atoms with Crippen molar-refractivity contribution >= 4 is 5.91 Å². The highest BCUT2D eigenvalue weighted by atomic mass is 16.2. The van der Waals surface area contributed by atoms with E-state index >= 15 is 0 Å². The van der Waals surface area contributed by atoms with Gasteiger partial charge in [-0.25, -0.2) is 0 Å². The molecule has 4 rings (SSSR count). The fraction of sp³-hybridized carbons (Fsp3) is 0.600. The van der Waals surface area contributed by atoms with Gasteiger partial charge in [0.05, 0.1) is 5.56 Å². The zero-order valence-corrected chi connectivity index (χ0v) is 16.1.